The number of urea groups is 1. The monoisotopic (exact) mass is 598 g/mol. The Bertz CT molecular complexity index is 1330. The Kier molecular flexibility index (Phi) is 11.4. The Morgan fingerprint density at radius 3 is 2.09 bits per heavy atom. The van der Waals surface area contributed by atoms with Crippen LogP contribution in [0.4, 0.5) is 15.3 Å². The zero-order valence-corrected chi connectivity index (χ0v) is 26.5. The number of amides is 3. The Balaban J connectivity index is 1.43. The van der Waals surface area contributed by atoms with Crippen LogP contribution in [-0.4, -0.2) is 85.3 Å². The number of nitrogens with zero attached hydrogens (tertiary/aromatic N) is 3. The molecule has 4 rings (SSSR count). The summed E-state index contributed by atoms with van der Waals surface area (Å²) in [5.41, 5.74) is 3.53. The maximum atomic E-state index is 13.7. The fourth-order valence-electron chi connectivity index (χ4n) is 5.39. The lowest BCUT2D eigenvalue weighted by atomic mass is 9.88. The molecule has 3 aromatic carbocycles. The van der Waals surface area contributed by atoms with Gasteiger partial charge in [0.05, 0.1) is 7.11 Å². The number of methoxy groups -OCH3 is 1. The molecular formula is C36H46N4O4. The molecule has 44 heavy (non-hydrogen) atoms. The van der Waals surface area contributed by atoms with Gasteiger partial charge in [0.1, 0.15) is 11.4 Å². The first-order chi connectivity index (χ1) is 21.1. The number of carbonyl (C=O) groups is 2. The first-order valence-corrected chi connectivity index (χ1v) is 15.3. The summed E-state index contributed by atoms with van der Waals surface area (Å²) < 4.78 is 10.9. The van der Waals surface area contributed by atoms with Gasteiger partial charge in [0.15, 0.2) is 0 Å². The summed E-state index contributed by atoms with van der Waals surface area (Å²) in [4.78, 5) is 32.1. The predicted molar refractivity (Wildman–Crippen MR) is 176 cm³/mol. The minimum absolute atomic E-state index is 0.138. The summed E-state index contributed by atoms with van der Waals surface area (Å²) >= 11 is 0. The van der Waals surface area contributed by atoms with E-state index in [1.165, 1.54) is 11.1 Å². The molecule has 0 saturated carbocycles. The lowest BCUT2D eigenvalue weighted by molar-refractivity contribution is 0.0151. The topological polar surface area (TPSA) is 74.4 Å². The van der Waals surface area contributed by atoms with Gasteiger partial charge in [0, 0.05) is 63.5 Å². The second-order valence-corrected chi connectivity index (χ2v) is 12.2. The van der Waals surface area contributed by atoms with Gasteiger partial charge in [-0.25, -0.2) is 9.59 Å². The number of piperazine rings is 1. The lowest BCUT2D eigenvalue weighted by Crippen LogP contribution is -2.50. The van der Waals surface area contributed by atoms with Gasteiger partial charge in [-0.1, -0.05) is 73.3 Å². The summed E-state index contributed by atoms with van der Waals surface area (Å²) in [7, 11) is 1.61. The van der Waals surface area contributed by atoms with Gasteiger partial charge < -0.3 is 24.6 Å². The molecule has 0 atom stereocenters. The van der Waals surface area contributed by atoms with E-state index in [0.717, 1.165) is 25.1 Å². The van der Waals surface area contributed by atoms with Crippen molar-refractivity contribution in [3.63, 3.8) is 0 Å². The minimum Gasteiger partial charge on any atom is -0.497 e. The molecule has 1 fully saturated rings. The molecule has 8 nitrogen and oxygen atoms in total. The molecule has 8 heteroatoms. The van der Waals surface area contributed by atoms with Crippen LogP contribution in [0.1, 0.15) is 44.2 Å². The molecule has 3 amide bonds. The number of hydrogen-bond acceptors (Lipinski definition) is 5. The van der Waals surface area contributed by atoms with Crippen molar-refractivity contribution in [3.8, 4) is 5.75 Å². The highest BCUT2D eigenvalue weighted by Crippen LogP contribution is 2.28. The number of nitrogens with one attached hydrogen (secondary N) is 1. The molecule has 0 spiro atoms. The average Bonchev–Trinajstić information content (AvgIpc) is 3.01. The first kappa shape index (κ1) is 32.6. The van der Waals surface area contributed by atoms with Crippen molar-refractivity contribution in [3.05, 3.63) is 108 Å². The molecular weight excluding hydrogens is 552 g/mol. The van der Waals surface area contributed by atoms with Crippen molar-refractivity contribution < 1.29 is 19.1 Å². The quantitative estimate of drug-likeness (QED) is 0.244. The molecule has 1 saturated heterocycles. The first-order valence-electron chi connectivity index (χ1n) is 15.3. The Hall–Kier alpha value is -4.30. The summed E-state index contributed by atoms with van der Waals surface area (Å²) in [6.45, 7) is 14.2. The molecule has 1 heterocycles. The van der Waals surface area contributed by atoms with E-state index in [-0.39, 0.29) is 18.0 Å². The van der Waals surface area contributed by atoms with Crippen molar-refractivity contribution in [2.45, 2.75) is 38.7 Å². The van der Waals surface area contributed by atoms with Crippen LogP contribution >= 0.6 is 0 Å². The van der Waals surface area contributed by atoms with E-state index in [2.05, 4.69) is 65.3 Å². The number of hydrogen-bond donors (Lipinski definition) is 1. The molecule has 0 unspecified atom stereocenters. The van der Waals surface area contributed by atoms with Gasteiger partial charge in [-0.05, 0) is 56.0 Å². The van der Waals surface area contributed by atoms with Crippen molar-refractivity contribution in [2.24, 2.45) is 0 Å². The maximum absolute atomic E-state index is 13.7. The van der Waals surface area contributed by atoms with E-state index in [4.69, 9.17) is 9.47 Å². The molecule has 3 aromatic rings. The molecule has 1 N–H and O–H groups in total. The molecule has 1 aliphatic heterocycles. The molecule has 0 aromatic heterocycles. The number of benzene rings is 3. The van der Waals surface area contributed by atoms with E-state index >= 15 is 0 Å². The Labute approximate surface area is 262 Å². The maximum Gasteiger partial charge on any atom is 0.410 e. The van der Waals surface area contributed by atoms with E-state index in [0.29, 0.717) is 44.2 Å². The van der Waals surface area contributed by atoms with Crippen LogP contribution in [0.25, 0.3) is 0 Å². The zero-order valence-electron chi connectivity index (χ0n) is 26.5. The second kappa shape index (κ2) is 15.4. The van der Waals surface area contributed by atoms with Crippen LogP contribution in [-0.2, 0) is 4.74 Å². The standard InChI is InChI=1S/C36H46N4O4/c1-28(26-38-21-23-39(24-22-38)35(42)44-36(2,3)4)27-40(34(41)37-31-17-12-18-32(25-31)43-5)20-19-33(29-13-8-6-9-14-29)30-15-10-7-11-16-30/h6-18,25,33H,1,19-24,26-27H2,2-5H3,(H,37,41). The molecule has 0 aliphatic carbocycles. The van der Waals surface area contributed by atoms with E-state index in [1.807, 2.05) is 62.1 Å². The predicted octanol–water partition coefficient (Wildman–Crippen LogP) is 6.86. The number of ether oxygens (including phenoxy) is 2. The normalized spacial score (nSPS) is 13.8. The van der Waals surface area contributed by atoms with Gasteiger partial charge in [-0.15, -0.1) is 0 Å². The third-order valence-corrected chi connectivity index (χ3v) is 7.59. The van der Waals surface area contributed by atoms with Crippen LogP contribution in [0.2, 0.25) is 0 Å². The third kappa shape index (κ3) is 9.88. The average molecular weight is 599 g/mol. The molecule has 0 radical (unpaired) electrons. The summed E-state index contributed by atoms with van der Waals surface area (Å²) in [5.74, 6) is 0.816. The van der Waals surface area contributed by atoms with E-state index in [9.17, 15) is 9.59 Å². The van der Waals surface area contributed by atoms with Crippen molar-refractivity contribution in [2.75, 3.05) is 58.2 Å². The third-order valence-electron chi connectivity index (χ3n) is 7.59. The number of rotatable bonds is 11. The fourth-order valence-corrected chi connectivity index (χ4v) is 5.39. The Morgan fingerprint density at radius 1 is 0.909 bits per heavy atom. The largest absolute Gasteiger partial charge is 0.497 e. The number of anilines is 1. The summed E-state index contributed by atoms with van der Waals surface area (Å²) in [5, 5.41) is 3.06. The summed E-state index contributed by atoms with van der Waals surface area (Å²) in [6.07, 6.45) is 0.476. The van der Waals surface area contributed by atoms with Gasteiger partial charge in [0.2, 0.25) is 0 Å². The van der Waals surface area contributed by atoms with E-state index in [1.54, 1.807) is 12.0 Å². The van der Waals surface area contributed by atoms with Crippen LogP contribution in [0, 0.1) is 0 Å². The van der Waals surface area contributed by atoms with Crippen molar-refractivity contribution in [1.29, 1.82) is 0 Å². The van der Waals surface area contributed by atoms with Gasteiger partial charge >= 0.3 is 12.1 Å². The molecule has 1 aliphatic rings. The van der Waals surface area contributed by atoms with Crippen LogP contribution in [0.3, 0.4) is 0 Å². The molecule has 234 valence electrons. The zero-order chi connectivity index (χ0) is 31.5. The number of carbonyl (C=O) groups excluding carboxylic acids is 2. The second-order valence-electron chi connectivity index (χ2n) is 12.2. The lowest BCUT2D eigenvalue weighted by Gasteiger charge is -2.36. The van der Waals surface area contributed by atoms with Gasteiger partial charge in [-0.2, -0.15) is 0 Å². The van der Waals surface area contributed by atoms with Gasteiger partial charge in [0.25, 0.3) is 0 Å². The summed E-state index contributed by atoms with van der Waals surface area (Å²) in [6, 6.07) is 28.1. The van der Waals surface area contributed by atoms with Crippen LogP contribution < -0.4 is 10.1 Å². The van der Waals surface area contributed by atoms with Crippen molar-refractivity contribution in [1.82, 2.24) is 14.7 Å². The smallest absolute Gasteiger partial charge is 0.410 e. The highest BCUT2D eigenvalue weighted by Gasteiger charge is 2.27. The van der Waals surface area contributed by atoms with E-state index < -0.39 is 5.60 Å². The fraction of sp³-hybridized carbons (Fsp3) is 0.389. The van der Waals surface area contributed by atoms with Gasteiger partial charge in [-0.3, -0.25) is 4.90 Å². The van der Waals surface area contributed by atoms with Crippen molar-refractivity contribution >= 4 is 17.8 Å². The SMILES string of the molecule is C=C(CN1CCN(C(=O)OC(C)(C)C)CC1)CN(CCC(c1ccccc1)c1ccccc1)C(=O)Nc1cccc(OC)c1. The highest BCUT2D eigenvalue weighted by atomic mass is 16.6. The highest BCUT2D eigenvalue weighted by molar-refractivity contribution is 5.89. The van der Waals surface area contributed by atoms with Crippen LogP contribution in [0.5, 0.6) is 5.75 Å². The molecule has 0 bridgehead atoms. The van der Waals surface area contributed by atoms with Crippen LogP contribution in [0.15, 0.2) is 97.1 Å². The Morgan fingerprint density at radius 2 is 1.52 bits per heavy atom. The minimum atomic E-state index is -0.516.